The molecular formula is C16H21NO4. The van der Waals surface area contributed by atoms with Crippen LogP contribution in [0.2, 0.25) is 0 Å². The minimum atomic E-state index is -0.831. The molecule has 1 fully saturated rings. The number of piperidine rings is 1. The summed E-state index contributed by atoms with van der Waals surface area (Å²) in [6.45, 7) is 4.79. The fraction of sp³-hybridized carbons (Fsp3) is 0.500. The Morgan fingerprint density at radius 1 is 1.38 bits per heavy atom. The predicted molar refractivity (Wildman–Crippen MR) is 78.4 cm³/mol. The summed E-state index contributed by atoms with van der Waals surface area (Å²) < 4.78 is 5.59. The molecule has 0 spiro atoms. The lowest BCUT2D eigenvalue weighted by Crippen LogP contribution is -2.44. The molecule has 0 radical (unpaired) electrons. The highest BCUT2D eigenvalue weighted by Crippen LogP contribution is 2.21. The van der Waals surface area contributed by atoms with E-state index in [1.165, 1.54) is 0 Å². The van der Waals surface area contributed by atoms with E-state index in [0.29, 0.717) is 18.7 Å². The highest BCUT2D eigenvalue weighted by molar-refractivity contribution is 5.79. The first-order valence-corrected chi connectivity index (χ1v) is 7.18. The van der Waals surface area contributed by atoms with Gasteiger partial charge in [0.25, 0.3) is 5.91 Å². The normalized spacial score (nSPS) is 18.4. The summed E-state index contributed by atoms with van der Waals surface area (Å²) in [5.41, 5.74) is 2.14. The van der Waals surface area contributed by atoms with E-state index in [-0.39, 0.29) is 19.1 Å². The first-order chi connectivity index (χ1) is 9.99. The molecule has 1 aliphatic rings. The highest BCUT2D eigenvalue weighted by Gasteiger charge is 2.28. The van der Waals surface area contributed by atoms with Gasteiger partial charge >= 0.3 is 5.97 Å². The molecule has 5 heteroatoms. The Morgan fingerprint density at radius 3 is 2.86 bits per heavy atom. The Bertz CT molecular complexity index is 541. The van der Waals surface area contributed by atoms with Crippen molar-refractivity contribution in [2.45, 2.75) is 26.7 Å². The maximum atomic E-state index is 12.1. The topological polar surface area (TPSA) is 66.8 Å². The van der Waals surface area contributed by atoms with Gasteiger partial charge < -0.3 is 14.7 Å². The fourth-order valence-corrected chi connectivity index (χ4v) is 2.52. The monoisotopic (exact) mass is 291 g/mol. The van der Waals surface area contributed by atoms with E-state index in [4.69, 9.17) is 9.84 Å². The molecule has 1 aliphatic heterocycles. The van der Waals surface area contributed by atoms with Crippen molar-refractivity contribution in [3.05, 3.63) is 29.3 Å². The molecular weight excluding hydrogens is 270 g/mol. The standard InChI is InChI=1S/C16H21NO4/c1-11-5-3-7-14(12(11)2)21-10-15(18)17-8-4-6-13(9-17)16(19)20/h3,5,7,13H,4,6,8-10H2,1-2H3,(H,19,20). The van der Waals surface area contributed by atoms with E-state index < -0.39 is 11.9 Å². The number of benzene rings is 1. The number of hydrogen-bond donors (Lipinski definition) is 1. The van der Waals surface area contributed by atoms with Gasteiger partial charge in [-0.05, 0) is 43.9 Å². The van der Waals surface area contributed by atoms with Crippen molar-refractivity contribution < 1.29 is 19.4 Å². The number of carbonyl (C=O) groups is 2. The molecule has 2 rings (SSSR count). The first kappa shape index (κ1) is 15.4. The Balaban J connectivity index is 1.92. The van der Waals surface area contributed by atoms with Gasteiger partial charge in [-0.25, -0.2) is 0 Å². The number of ether oxygens (including phenoxy) is 1. The van der Waals surface area contributed by atoms with Crippen molar-refractivity contribution in [3.63, 3.8) is 0 Å². The van der Waals surface area contributed by atoms with Crippen LogP contribution in [-0.2, 0) is 9.59 Å². The zero-order valence-corrected chi connectivity index (χ0v) is 12.5. The molecule has 0 aliphatic carbocycles. The second-order valence-corrected chi connectivity index (χ2v) is 5.50. The summed E-state index contributed by atoms with van der Waals surface area (Å²) in [4.78, 5) is 24.7. The van der Waals surface area contributed by atoms with Crippen LogP contribution in [0.5, 0.6) is 5.75 Å². The Hall–Kier alpha value is -2.04. The van der Waals surface area contributed by atoms with Crippen LogP contribution in [0.25, 0.3) is 0 Å². The molecule has 1 atom stereocenters. The highest BCUT2D eigenvalue weighted by atomic mass is 16.5. The Morgan fingerprint density at radius 2 is 2.14 bits per heavy atom. The molecule has 1 amide bonds. The second-order valence-electron chi connectivity index (χ2n) is 5.50. The third-order valence-corrected chi connectivity index (χ3v) is 4.03. The van der Waals surface area contributed by atoms with E-state index in [1.54, 1.807) is 4.90 Å². The van der Waals surface area contributed by atoms with Crippen molar-refractivity contribution in [2.24, 2.45) is 5.92 Å². The SMILES string of the molecule is Cc1cccc(OCC(=O)N2CCCC(C(=O)O)C2)c1C. The lowest BCUT2D eigenvalue weighted by molar-refractivity contribution is -0.146. The van der Waals surface area contributed by atoms with Crippen LogP contribution in [0.1, 0.15) is 24.0 Å². The van der Waals surface area contributed by atoms with Crippen LogP contribution in [0.3, 0.4) is 0 Å². The number of carboxylic acids is 1. The smallest absolute Gasteiger partial charge is 0.308 e. The van der Waals surface area contributed by atoms with Crippen LogP contribution in [-0.4, -0.2) is 41.6 Å². The van der Waals surface area contributed by atoms with E-state index >= 15 is 0 Å². The maximum absolute atomic E-state index is 12.1. The number of carbonyl (C=O) groups excluding carboxylic acids is 1. The van der Waals surface area contributed by atoms with Crippen LogP contribution in [0.4, 0.5) is 0 Å². The number of hydrogen-bond acceptors (Lipinski definition) is 3. The van der Waals surface area contributed by atoms with Crippen LogP contribution in [0.15, 0.2) is 18.2 Å². The van der Waals surface area contributed by atoms with Crippen molar-refractivity contribution >= 4 is 11.9 Å². The van der Waals surface area contributed by atoms with Gasteiger partial charge in [0, 0.05) is 13.1 Å². The van der Waals surface area contributed by atoms with Crippen molar-refractivity contribution in [1.29, 1.82) is 0 Å². The number of carboxylic acid groups (broad SMARTS) is 1. The molecule has 114 valence electrons. The number of nitrogens with zero attached hydrogens (tertiary/aromatic N) is 1. The van der Waals surface area contributed by atoms with Crippen molar-refractivity contribution in [1.82, 2.24) is 4.90 Å². The zero-order chi connectivity index (χ0) is 15.4. The largest absolute Gasteiger partial charge is 0.483 e. The Labute approximate surface area is 124 Å². The molecule has 1 heterocycles. The average molecular weight is 291 g/mol. The molecule has 1 saturated heterocycles. The molecule has 1 unspecified atom stereocenters. The molecule has 1 aromatic rings. The quantitative estimate of drug-likeness (QED) is 0.921. The number of aliphatic carboxylic acids is 1. The van der Waals surface area contributed by atoms with E-state index in [9.17, 15) is 9.59 Å². The Kier molecular flexibility index (Phi) is 4.83. The molecule has 1 N–H and O–H groups in total. The summed E-state index contributed by atoms with van der Waals surface area (Å²) in [6.07, 6.45) is 1.36. The van der Waals surface area contributed by atoms with E-state index in [1.807, 2.05) is 32.0 Å². The molecule has 1 aromatic carbocycles. The van der Waals surface area contributed by atoms with E-state index in [0.717, 1.165) is 17.5 Å². The predicted octanol–water partition coefficient (Wildman–Crippen LogP) is 2.01. The molecule has 21 heavy (non-hydrogen) atoms. The summed E-state index contributed by atoms with van der Waals surface area (Å²) in [7, 11) is 0. The molecule has 0 aromatic heterocycles. The van der Waals surface area contributed by atoms with Crippen LogP contribution >= 0.6 is 0 Å². The second kappa shape index (κ2) is 6.61. The van der Waals surface area contributed by atoms with Gasteiger partial charge in [0.15, 0.2) is 6.61 Å². The zero-order valence-electron chi connectivity index (χ0n) is 12.5. The number of amides is 1. The van der Waals surface area contributed by atoms with E-state index in [2.05, 4.69) is 0 Å². The molecule has 5 nitrogen and oxygen atoms in total. The third-order valence-electron chi connectivity index (χ3n) is 4.03. The van der Waals surface area contributed by atoms with Gasteiger partial charge in [-0.1, -0.05) is 12.1 Å². The molecule has 0 bridgehead atoms. The van der Waals surface area contributed by atoms with Gasteiger partial charge in [0.1, 0.15) is 5.75 Å². The van der Waals surface area contributed by atoms with Crippen LogP contribution in [0, 0.1) is 19.8 Å². The third kappa shape index (κ3) is 3.74. The van der Waals surface area contributed by atoms with Gasteiger partial charge in [-0.3, -0.25) is 9.59 Å². The first-order valence-electron chi connectivity index (χ1n) is 7.18. The van der Waals surface area contributed by atoms with Gasteiger partial charge in [0.05, 0.1) is 5.92 Å². The van der Waals surface area contributed by atoms with Gasteiger partial charge in [-0.2, -0.15) is 0 Å². The van der Waals surface area contributed by atoms with Crippen molar-refractivity contribution in [3.8, 4) is 5.75 Å². The summed E-state index contributed by atoms with van der Waals surface area (Å²) >= 11 is 0. The van der Waals surface area contributed by atoms with Crippen molar-refractivity contribution in [2.75, 3.05) is 19.7 Å². The molecule has 0 saturated carbocycles. The fourth-order valence-electron chi connectivity index (χ4n) is 2.52. The van der Waals surface area contributed by atoms with Gasteiger partial charge in [-0.15, -0.1) is 0 Å². The summed E-state index contributed by atoms with van der Waals surface area (Å²) in [6, 6.07) is 5.72. The lowest BCUT2D eigenvalue weighted by Gasteiger charge is -2.30. The minimum Gasteiger partial charge on any atom is -0.483 e. The number of rotatable bonds is 4. The minimum absolute atomic E-state index is 0.0450. The van der Waals surface area contributed by atoms with Gasteiger partial charge in [0.2, 0.25) is 0 Å². The number of likely N-dealkylation sites (tertiary alicyclic amines) is 1. The number of aryl methyl sites for hydroxylation is 1. The average Bonchev–Trinajstić information content (AvgIpc) is 2.48. The maximum Gasteiger partial charge on any atom is 0.308 e. The summed E-state index contributed by atoms with van der Waals surface area (Å²) in [5, 5.41) is 9.04. The lowest BCUT2D eigenvalue weighted by atomic mass is 9.98. The van der Waals surface area contributed by atoms with Crippen LogP contribution < -0.4 is 4.74 Å². The summed E-state index contributed by atoms with van der Waals surface area (Å²) in [5.74, 6) is -0.733.